The minimum atomic E-state index is 0.184. The van der Waals surface area contributed by atoms with Gasteiger partial charge in [0.05, 0.1) is 17.9 Å². The number of nitrogens with one attached hydrogen (secondary N) is 1. The van der Waals surface area contributed by atoms with Crippen molar-refractivity contribution in [2.45, 2.75) is 52.1 Å². The standard InChI is InChI=1S/C20H28N6/c1-4-6-7-16-8-10-18(11-9-16)26-14-17(13-23-26)12-21-19(5-2)20-22-15-24-25(20)3/h8-11,13-15,19,21H,4-7,12H2,1-3H3/t19-/m1/s1. The van der Waals surface area contributed by atoms with Crippen LogP contribution in [-0.4, -0.2) is 24.5 Å². The fourth-order valence-electron chi connectivity index (χ4n) is 3.07. The van der Waals surface area contributed by atoms with Gasteiger partial charge in [0, 0.05) is 25.4 Å². The molecule has 2 aromatic heterocycles. The Morgan fingerprint density at radius 1 is 1.08 bits per heavy atom. The maximum Gasteiger partial charge on any atom is 0.143 e. The van der Waals surface area contributed by atoms with Gasteiger partial charge < -0.3 is 5.32 Å². The molecule has 0 spiro atoms. The number of hydrogen-bond acceptors (Lipinski definition) is 4. The van der Waals surface area contributed by atoms with E-state index in [0.29, 0.717) is 0 Å². The molecule has 0 unspecified atom stereocenters. The molecule has 0 saturated heterocycles. The van der Waals surface area contributed by atoms with E-state index < -0.39 is 0 Å². The van der Waals surface area contributed by atoms with E-state index in [9.17, 15) is 0 Å². The highest BCUT2D eigenvalue weighted by molar-refractivity contribution is 5.34. The highest BCUT2D eigenvalue weighted by Gasteiger charge is 2.14. The highest BCUT2D eigenvalue weighted by Crippen LogP contribution is 2.15. The topological polar surface area (TPSA) is 60.6 Å². The van der Waals surface area contributed by atoms with E-state index in [2.05, 4.69) is 64.8 Å². The molecule has 0 aliphatic rings. The number of aryl methyl sites for hydroxylation is 2. The summed E-state index contributed by atoms with van der Waals surface area (Å²) in [6.07, 6.45) is 10.2. The van der Waals surface area contributed by atoms with Gasteiger partial charge in [0.2, 0.25) is 0 Å². The van der Waals surface area contributed by atoms with Crippen LogP contribution in [0, 0.1) is 0 Å². The minimum Gasteiger partial charge on any atom is -0.303 e. The maximum atomic E-state index is 4.51. The SMILES string of the molecule is CCCCc1ccc(-n2cc(CN[C@H](CC)c3ncnn3C)cn2)cc1. The Kier molecular flexibility index (Phi) is 6.17. The van der Waals surface area contributed by atoms with Crippen molar-refractivity contribution in [3.63, 3.8) is 0 Å². The van der Waals surface area contributed by atoms with Crippen molar-refractivity contribution in [2.24, 2.45) is 7.05 Å². The van der Waals surface area contributed by atoms with Crippen molar-refractivity contribution >= 4 is 0 Å². The summed E-state index contributed by atoms with van der Waals surface area (Å²) in [6.45, 7) is 5.12. The van der Waals surface area contributed by atoms with Crippen molar-refractivity contribution in [3.05, 3.63) is 59.9 Å². The van der Waals surface area contributed by atoms with Gasteiger partial charge in [-0.15, -0.1) is 0 Å². The zero-order valence-corrected chi connectivity index (χ0v) is 15.9. The lowest BCUT2D eigenvalue weighted by Crippen LogP contribution is -2.23. The molecule has 26 heavy (non-hydrogen) atoms. The van der Waals surface area contributed by atoms with Crippen LogP contribution in [-0.2, 0) is 20.0 Å². The molecule has 138 valence electrons. The second-order valence-corrected chi connectivity index (χ2v) is 6.65. The van der Waals surface area contributed by atoms with Crippen LogP contribution in [0.3, 0.4) is 0 Å². The number of aromatic nitrogens is 5. The van der Waals surface area contributed by atoms with Gasteiger partial charge in [-0.25, -0.2) is 9.67 Å². The van der Waals surface area contributed by atoms with Gasteiger partial charge in [-0.2, -0.15) is 10.2 Å². The Morgan fingerprint density at radius 3 is 2.54 bits per heavy atom. The van der Waals surface area contributed by atoms with Crippen molar-refractivity contribution < 1.29 is 0 Å². The van der Waals surface area contributed by atoms with Crippen LogP contribution in [0.5, 0.6) is 0 Å². The molecule has 0 saturated carbocycles. The van der Waals surface area contributed by atoms with E-state index in [1.54, 1.807) is 6.33 Å². The van der Waals surface area contributed by atoms with E-state index in [-0.39, 0.29) is 6.04 Å². The summed E-state index contributed by atoms with van der Waals surface area (Å²) < 4.78 is 3.76. The molecule has 1 atom stereocenters. The molecular formula is C20H28N6. The van der Waals surface area contributed by atoms with Gasteiger partial charge in [-0.05, 0) is 37.0 Å². The number of hydrogen-bond donors (Lipinski definition) is 1. The molecule has 0 radical (unpaired) electrons. The second-order valence-electron chi connectivity index (χ2n) is 6.65. The number of unbranched alkanes of at least 4 members (excludes halogenated alkanes) is 1. The molecule has 1 N–H and O–H groups in total. The first-order chi connectivity index (χ1) is 12.7. The zero-order chi connectivity index (χ0) is 18.4. The molecule has 1 aromatic carbocycles. The minimum absolute atomic E-state index is 0.184. The summed E-state index contributed by atoms with van der Waals surface area (Å²) in [5.41, 5.74) is 3.64. The first-order valence-electron chi connectivity index (χ1n) is 9.41. The summed E-state index contributed by atoms with van der Waals surface area (Å²) in [4.78, 5) is 4.35. The number of rotatable bonds is 9. The Hall–Kier alpha value is -2.47. The molecule has 3 aromatic rings. The summed E-state index contributed by atoms with van der Waals surface area (Å²) in [7, 11) is 1.93. The van der Waals surface area contributed by atoms with Crippen LogP contribution in [0.4, 0.5) is 0 Å². The van der Waals surface area contributed by atoms with E-state index >= 15 is 0 Å². The monoisotopic (exact) mass is 352 g/mol. The third kappa shape index (κ3) is 4.38. The van der Waals surface area contributed by atoms with Crippen LogP contribution in [0.15, 0.2) is 43.0 Å². The average Bonchev–Trinajstić information content (AvgIpc) is 3.31. The first-order valence-corrected chi connectivity index (χ1v) is 9.41. The molecule has 0 fully saturated rings. The molecule has 0 amide bonds. The van der Waals surface area contributed by atoms with Crippen LogP contribution in [0.2, 0.25) is 0 Å². The van der Waals surface area contributed by atoms with Crippen molar-refractivity contribution in [1.82, 2.24) is 29.9 Å². The maximum absolute atomic E-state index is 4.51. The van der Waals surface area contributed by atoms with E-state index in [1.165, 1.54) is 18.4 Å². The third-order valence-electron chi connectivity index (χ3n) is 4.67. The second kappa shape index (κ2) is 8.76. The lowest BCUT2D eigenvalue weighted by Gasteiger charge is -2.15. The Labute approximate surface area is 155 Å². The van der Waals surface area contributed by atoms with Gasteiger partial charge in [-0.1, -0.05) is 32.4 Å². The van der Waals surface area contributed by atoms with E-state index in [0.717, 1.165) is 36.5 Å². The number of benzene rings is 1. The van der Waals surface area contributed by atoms with Gasteiger partial charge in [-0.3, -0.25) is 4.68 Å². The molecular weight excluding hydrogens is 324 g/mol. The molecule has 0 aliphatic heterocycles. The normalized spacial score (nSPS) is 12.4. The van der Waals surface area contributed by atoms with Crippen LogP contribution >= 0.6 is 0 Å². The fourth-order valence-corrected chi connectivity index (χ4v) is 3.07. The molecule has 6 nitrogen and oxygen atoms in total. The number of nitrogens with zero attached hydrogens (tertiary/aromatic N) is 5. The van der Waals surface area contributed by atoms with Crippen LogP contribution in [0.25, 0.3) is 5.69 Å². The van der Waals surface area contributed by atoms with Gasteiger partial charge in [0.15, 0.2) is 0 Å². The molecule has 0 aliphatic carbocycles. The molecule has 6 heteroatoms. The van der Waals surface area contributed by atoms with Crippen molar-refractivity contribution in [2.75, 3.05) is 0 Å². The summed E-state index contributed by atoms with van der Waals surface area (Å²) >= 11 is 0. The van der Waals surface area contributed by atoms with E-state index in [4.69, 9.17) is 0 Å². The predicted octanol–water partition coefficient (Wildman–Crippen LogP) is 3.58. The Bertz CT molecular complexity index is 802. The zero-order valence-electron chi connectivity index (χ0n) is 15.9. The average molecular weight is 352 g/mol. The fraction of sp³-hybridized carbons (Fsp3) is 0.450. The lowest BCUT2D eigenvalue weighted by atomic mass is 10.1. The van der Waals surface area contributed by atoms with Gasteiger partial charge in [0.25, 0.3) is 0 Å². The summed E-state index contributed by atoms with van der Waals surface area (Å²) in [5.74, 6) is 0.961. The molecule has 2 heterocycles. The van der Waals surface area contributed by atoms with Gasteiger partial charge in [0.1, 0.15) is 12.2 Å². The Morgan fingerprint density at radius 2 is 1.88 bits per heavy atom. The lowest BCUT2D eigenvalue weighted by molar-refractivity contribution is 0.472. The summed E-state index contributed by atoms with van der Waals surface area (Å²) in [6, 6.07) is 8.87. The highest BCUT2D eigenvalue weighted by atomic mass is 15.3. The van der Waals surface area contributed by atoms with E-state index in [1.807, 2.05) is 22.6 Å². The largest absolute Gasteiger partial charge is 0.303 e. The van der Waals surface area contributed by atoms with Crippen LogP contribution in [0.1, 0.15) is 56.1 Å². The molecule has 0 bridgehead atoms. The summed E-state index contributed by atoms with van der Waals surface area (Å²) in [5, 5.41) is 12.2. The molecule has 3 rings (SSSR count). The van der Waals surface area contributed by atoms with Crippen molar-refractivity contribution in [1.29, 1.82) is 0 Å². The quantitative estimate of drug-likeness (QED) is 0.639. The predicted molar refractivity (Wildman–Crippen MR) is 103 cm³/mol. The smallest absolute Gasteiger partial charge is 0.143 e. The Balaban J connectivity index is 1.61. The van der Waals surface area contributed by atoms with Crippen molar-refractivity contribution in [3.8, 4) is 5.69 Å². The third-order valence-corrected chi connectivity index (χ3v) is 4.67. The van der Waals surface area contributed by atoms with Gasteiger partial charge >= 0.3 is 0 Å². The van der Waals surface area contributed by atoms with Crippen LogP contribution < -0.4 is 5.32 Å². The first kappa shape index (κ1) is 18.3.